The van der Waals surface area contributed by atoms with Crippen molar-refractivity contribution in [3.8, 4) is 0 Å². The predicted octanol–water partition coefficient (Wildman–Crippen LogP) is 1.48. The van der Waals surface area contributed by atoms with E-state index < -0.39 is 5.97 Å². The van der Waals surface area contributed by atoms with Crippen LogP contribution < -0.4 is 5.32 Å². The Morgan fingerprint density at radius 2 is 2.11 bits per heavy atom. The third-order valence-corrected chi connectivity index (χ3v) is 2.71. The van der Waals surface area contributed by atoms with Crippen molar-refractivity contribution in [1.29, 1.82) is 0 Å². The number of aromatic nitrogens is 1. The molecule has 1 amide bonds. The summed E-state index contributed by atoms with van der Waals surface area (Å²) in [5, 5.41) is 12.7. The molecule has 2 aromatic rings. The number of hydrogen-bond acceptors (Lipinski definition) is 2. The van der Waals surface area contributed by atoms with Crippen molar-refractivity contribution in [2.24, 2.45) is 0 Å². The van der Waals surface area contributed by atoms with Gasteiger partial charge in [-0.1, -0.05) is 12.1 Å². The third-order valence-electron chi connectivity index (χ3n) is 2.71. The van der Waals surface area contributed by atoms with E-state index in [2.05, 4.69) is 5.32 Å². The minimum atomic E-state index is -0.989. The molecule has 0 aliphatic heterocycles. The van der Waals surface area contributed by atoms with Crippen LogP contribution in [0.4, 0.5) is 0 Å². The topological polar surface area (TPSA) is 71.3 Å². The number of hydrogen-bond donors (Lipinski definition) is 2. The van der Waals surface area contributed by atoms with Crippen molar-refractivity contribution in [3.05, 3.63) is 36.0 Å². The summed E-state index contributed by atoms with van der Waals surface area (Å²) in [6.07, 6.45) is 1.73. The first-order valence-electron chi connectivity index (χ1n) is 5.71. The van der Waals surface area contributed by atoms with E-state index in [1.807, 2.05) is 13.0 Å². The lowest BCUT2D eigenvalue weighted by Gasteiger charge is -2.07. The zero-order chi connectivity index (χ0) is 13.1. The predicted molar refractivity (Wildman–Crippen MR) is 67.6 cm³/mol. The summed E-state index contributed by atoms with van der Waals surface area (Å²) in [5.74, 6) is -1.12. The molecule has 2 N–H and O–H groups in total. The lowest BCUT2D eigenvalue weighted by Crippen LogP contribution is -2.27. The van der Waals surface area contributed by atoms with E-state index in [1.165, 1.54) is 0 Å². The summed E-state index contributed by atoms with van der Waals surface area (Å²) < 4.78 is 1.66. The van der Waals surface area contributed by atoms with Crippen molar-refractivity contribution in [3.63, 3.8) is 0 Å². The first-order chi connectivity index (χ1) is 8.63. The van der Waals surface area contributed by atoms with E-state index in [4.69, 9.17) is 5.11 Å². The molecule has 1 aromatic heterocycles. The fourth-order valence-electron chi connectivity index (χ4n) is 1.97. The fourth-order valence-corrected chi connectivity index (χ4v) is 1.97. The highest BCUT2D eigenvalue weighted by atomic mass is 16.4. The Hall–Kier alpha value is -2.30. The van der Waals surface area contributed by atoms with Gasteiger partial charge >= 0.3 is 5.97 Å². The molecule has 0 saturated carbocycles. The number of benzene rings is 1. The monoisotopic (exact) mass is 246 g/mol. The first kappa shape index (κ1) is 12.2. The number of para-hydroxylation sites is 1. The summed E-state index contributed by atoms with van der Waals surface area (Å²) in [4.78, 5) is 22.7. The SMILES string of the molecule is CCNC(=O)Cn1ccc2cccc(C(=O)O)c21. The average molecular weight is 246 g/mol. The van der Waals surface area contributed by atoms with Gasteiger partial charge in [-0.3, -0.25) is 4.79 Å². The molecule has 5 nitrogen and oxygen atoms in total. The number of carbonyl (C=O) groups is 2. The molecule has 18 heavy (non-hydrogen) atoms. The van der Waals surface area contributed by atoms with Crippen LogP contribution in [-0.2, 0) is 11.3 Å². The second kappa shape index (κ2) is 4.91. The standard InChI is InChI=1S/C13H14N2O3/c1-2-14-11(16)8-15-7-6-9-4-3-5-10(12(9)15)13(17)18/h3-7H,2,8H2,1H3,(H,14,16)(H,17,18). The maximum Gasteiger partial charge on any atom is 0.337 e. The normalized spacial score (nSPS) is 10.5. The van der Waals surface area contributed by atoms with Gasteiger partial charge in [-0.25, -0.2) is 4.79 Å². The van der Waals surface area contributed by atoms with Gasteiger partial charge in [-0.05, 0) is 19.1 Å². The molecule has 0 bridgehead atoms. The smallest absolute Gasteiger partial charge is 0.337 e. The molecule has 0 saturated heterocycles. The third kappa shape index (κ3) is 2.20. The van der Waals surface area contributed by atoms with Gasteiger partial charge in [-0.2, -0.15) is 0 Å². The minimum Gasteiger partial charge on any atom is -0.478 e. The van der Waals surface area contributed by atoms with Gasteiger partial charge in [0.15, 0.2) is 0 Å². The summed E-state index contributed by atoms with van der Waals surface area (Å²) in [7, 11) is 0. The number of carbonyl (C=O) groups excluding carboxylic acids is 1. The van der Waals surface area contributed by atoms with Crippen LogP contribution in [0.1, 0.15) is 17.3 Å². The molecule has 5 heteroatoms. The Labute approximate surface area is 104 Å². The molecule has 0 fully saturated rings. The Morgan fingerprint density at radius 3 is 2.78 bits per heavy atom. The van der Waals surface area contributed by atoms with Crippen LogP contribution in [0.5, 0.6) is 0 Å². The van der Waals surface area contributed by atoms with Crippen molar-refractivity contribution in [2.75, 3.05) is 6.54 Å². The molecule has 0 spiro atoms. The minimum absolute atomic E-state index is 0.127. The van der Waals surface area contributed by atoms with E-state index in [-0.39, 0.29) is 18.0 Å². The van der Waals surface area contributed by atoms with Crippen LogP contribution in [0, 0.1) is 0 Å². The number of carboxylic acid groups (broad SMARTS) is 1. The fraction of sp³-hybridized carbons (Fsp3) is 0.231. The van der Waals surface area contributed by atoms with Crippen molar-refractivity contribution < 1.29 is 14.7 Å². The molecule has 0 unspecified atom stereocenters. The Balaban J connectivity index is 2.45. The molecule has 1 aromatic carbocycles. The van der Waals surface area contributed by atoms with Crippen molar-refractivity contribution >= 4 is 22.8 Å². The number of aromatic carboxylic acids is 1. The van der Waals surface area contributed by atoms with E-state index in [9.17, 15) is 9.59 Å². The largest absolute Gasteiger partial charge is 0.478 e. The van der Waals surface area contributed by atoms with Gasteiger partial charge in [0.05, 0.1) is 11.1 Å². The van der Waals surface area contributed by atoms with Crippen molar-refractivity contribution in [1.82, 2.24) is 9.88 Å². The van der Waals surface area contributed by atoms with Gasteiger partial charge < -0.3 is 15.0 Å². The van der Waals surface area contributed by atoms with Crippen LogP contribution >= 0.6 is 0 Å². The lowest BCUT2D eigenvalue weighted by atomic mass is 10.1. The molecule has 1 heterocycles. The molecule has 2 rings (SSSR count). The van der Waals surface area contributed by atoms with E-state index >= 15 is 0 Å². The molecular formula is C13H14N2O3. The van der Waals surface area contributed by atoms with Crippen LogP contribution in [0.3, 0.4) is 0 Å². The maximum absolute atomic E-state index is 11.6. The van der Waals surface area contributed by atoms with E-state index in [0.717, 1.165) is 5.39 Å². The number of amides is 1. The van der Waals surface area contributed by atoms with Gasteiger partial charge in [-0.15, -0.1) is 0 Å². The second-order valence-corrected chi connectivity index (χ2v) is 3.95. The highest BCUT2D eigenvalue weighted by Crippen LogP contribution is 2.20. The van der Waals surface area contributed by atoms with Gasteiger partial charge in [0.1, 0.15) is 6.54 Å². The Kier molecular flexibility index (Phi) is 3.32. The van der Waals surface area contributed by atoms with E-state index in [0.29, 0.717) is 12.1 Å². The average Bonchev–Trinajstić information content (AvgIpc) is 2.72. The maximum atomic E-state index is 11.6. The quantitative estimate of drug-likeness (QED) is 0.858. The highest BCUT2D eigenvalue weighted by molar-refractivity contribution is 6.02. The number of carboxylic acids is 1. The zero-order valence-corrected chi connectivity index (χ0v) is 10.0. The van der Waals surface area contributed by atoms with Crippen LogP contribution in [0.2, 0.25) is 0 Å². The molecule has 94 valence electrons. The number of fused-ring (bicyclic) bond motifs is 1. The van der Waals surface area contributed by atoms with E-state index in [1.54, 1.807) is 29.0 Å². The summed E-state index contributed by atoms with van der Waals surface area (Å²) in [5.41, 5.74) is 0.790. The zero-order valence-electron chi connectivity index (χ0n) is 10.0. The van der Waals surface area contributed by atoms with Crippen LogP contribution in [0.25, 0.3) is 10.9 Å². The highest BCUT2D eigenvalue weighted by Gasteiger charge is 2.13. The molecule has 0 atom stereocenters. The summed E-state index contributed by atoms with van der Waals surface area (Å²) in [6.45, 7) is 2.53. The number of likely N-dealkylation sites (N-methyl/N-ethyl adjacent to an activating group) is 1. The van der Waals surface area contributed by atoms with Crippen LogP contribution in [-0.4, -0.2) is 28.1 Å². The summed E-state index contributed by atoms with van der Waals surface area (Å²) >= 11 is 0. The molecular weight excluding hydrogens is 232 g/mol. The van der Waals surface area contributed by atoms with Gasteiger partial charge in [0, 0.05) is 18.1 Å². The second-order valence-electron chi connectivity index (χ2n) is 3.95. The molecule has 0 aliphatic rings. The lowest BCUT2D eigenvalue weighted by molar-refractivity contribution is -0.121. The number of rotatable bonds is 4. The van der Waals surface area contributed by atoms with Gasteiger partial charge in [0.25, 0.3) is 0 Å². The van der Waals surface area contributed by atoms with Crippen LogP contribution in [0.15, 0.2) is 30.5 Å². The van der Waals surface area contributed by atoms with Gasteiger partial charge in [0.2, 0.25) is 5.91 Å². The molecule has 0 aliphatic carbocycles. The van der Waals surface area contributed by atoms with Crippen molar-refractivity contribution in [2.45, 2.75) is 13.5 Å². The summed E-state index contributed by atoms with van der Waals surface area (Å²) in [6, 6.07) is 6.87. The molecule has 0 radical (unpaired) electrons. The first-order valence-corrected chi connectivity index (χ1v) is 5.71. The number of nitrogens with zero attached hydrogens (tertiary/aromatic N) is 1. The Morgan fingerprint density at radius 1 is 1.33 bits per heavy atom. The number of nitrogens with one attached hydrogen (secondary N) is 1. The Bertz CT molecular complexity index is 601.